The second-order valence-corrected chi connectivity index (χ2v) is 9.01. The largest absolute Gasteiger partial charge is 0.416 e. The molecule has 0 fully saturated rings. The molecule has 0 bridgehead atoms. The number of thiazole rings is 1. The number of fused-ring (bicyclic) bond motifs is 1. The Morgan fingerprint density at radius 3 is 2.59 bits per heavy atom. The fraction of sp³-hybridized carbons (Fsp3) is 0.280. The summed E-state index contributed by atoms with van der Waals surface area (Å²) in [5.41, 5.74) is 6.21. The molecule has 34 heavy (non-hydrogen) atoms. The van der Waals surface area contributed by atoms with Crippen LogP contribution in [0.2, 0.25) is 0 Å². The van der Waals surface area contributed by atoms with E-state index in [0.717, 1.165) is 55.1 Å². The van der Waals surface area contributed by atoms with Crippen LogP contribution in [0.3, 0.4) is 0 Å². The number of pyridine rings is 1. The summed E-state index contributed by atoms with van der Waals surface area (Å²) in [6.45, 7) is 4.51. The maximum Gasteiger partial charge on any atom is 0.416 e. The smallest absolute Gasteiger partial charge is 0.356 e. The van der Waals surface area contributed by atoms with Crippen molar-refractivity contribution in [2.75, 3.05) is 18.4 Å². The number of imidazole rings is 1. The molecule has 1 aliphatic heterocycles. The molecule has 2 N–H and O–H groups in total. The van der Waals surface area contributed by atoms with Gasteiger partial charge in [0.1, 0.15) is 5.65 Å². The summed E-state index contributed by atoms with van der Waals surface area (Å²) in [7, 11) is 0. The van der Waals surface area contributed by atoms with E-state index < -0.39 is 11.7 Å². The molecule has 5 nitrogen and oxygen atoms in total. The molecule has 3 aromatic heterocycles. The first kappa shape index (κ1) is 22.6. The molecule has 4 heterocycles. The molecule has 0 saturated carbocycles. The Hall–Kier alpha value is -3.17. The highest BCUT2D eigenvalue weighted by atomic mass is 32.1. The number of benzene rings is 1. The van der Waals surface area contributed by atoms with Gasteiger partial charge in [0.05, 0.1) is 29.2 Å². The van der Waals surface area contributed by atoms with Crippen molar-refractivity contribution < 1.29 is 13.2 Å². The van der Waals surface area contributed by atoms with Crippen LogP contribution in [0.15, 0.2) is 54.1 Å². The predicted octanol–water partition coefficient (Wildman–Crippen LogP) is 6.03. The summed E-state index contributed by atoms with van der Waals surface area (Å²) in [5.74, 6) is 0. The maximum absolute atomic E-state index is 12.8. The second-order valence-electron chi connectivity index (χ2n) is 8.15. The molecule has 0 amide bonds. The maximum atomic E-state index is 12.8. The molecule has 0 aliphatic carbocycles. The predicted molar refractivity (Wildman–Crippen MR) is 130 cm³/mol. The summed E-state index contributed by atoms with van der Waals surface area (Å²) in [5, 5.41) is 9.29. The Bertz CT molecular complexity index is 1340. The standard InChI is InChI=1S/C25H24F3N5S/c1-2-20-22(33-14-18(5-8-23(33)31-20)16-9-11-29-12-10-16)13-30-24-32-21(15-34-24)17-3-6-19(7-4-17)25(26,27)28/h3-9,14-15,29H,2,10-13H2,1H3,(H,30,32). The first-order chi connectivity index (χ1) is 16.4. The molecule has 0 saturated heterocycles. The molecule has 1 aliphatic rings. The molecule has 0 spiro atoms. The lowest BCUT2D eigenvalue weighted by molar-refractivity contribution is -0.137. The van der Waals surface area contributed by atoms with Crippen molar-refractivity contribution in [3.63, 3.8) is 0 Å². The molecule has 5 rings (SSSR count). The van der Waals surface area contributed by atoms with Crippen LogP contribution in [0.1, 0.15) is 35.9 Å². The van der Waals surface area contributed by atoms with Crippen molar-refractivity contribution in [2.45, 2.75) is 32.5 Å². The lowest BCUT2D eigenvalue weighted by Gasteiger charge is -2.15. The summed E-state index contributed by atoms with van der Waals surface area (Å²) < 4.78 is 40.6. The quantitative estimate of drug-likeness (QED) is 0.352. The summed E-state index contributed by atoms with van der Waals surface area (Å²) in [6.07, 6.45) is 1.86. The van der Waals surface area contributed by atoms with E-state index in [0.29, 0.717) is 22.9 Å². The highest BCUT2D eigenvalue weighted by molar-refractivity contribution is 7.14. The van der Waals surface area contributed by atoms with Gasteiger partial charge >= 0.3 is 6.18 Å². The van der Waals surface area contributed by atoms with E-state index in [9.17, 15) is 13.2 Å². The van der Waals surface area contributed by atoms with E-state index in [1.165, 1.54) is 34.6 Å². The SMILES string of the molecule is CCc1nc2ccc(C3=CCNCC3)cn2c1CNc1nc(-c2ccc(C(F)(F)F)cc2)cs1. The number of aryl methyl sites for hydroxylation is 1. The van der Waals surface area contributed by atoms with Crippen LogP contribution in [0.25, 0.3) is 22.5 Å². The van der Waals surface area contributed by atoms with E-state index in [1.54, 1.807) is 0 Å². The minimum Gasteiger partial charge on any atom is -0.356 e. The van der Waals surface area contributed by atoms with Crippen molar-refractivity contribution in [3.8, 4) is 11.3 Å². The van der Waals surface area contributed by atoms with Crippen LogP contribution in [0, 0.1) is 0 Å². The van der Waals surface area contributed by atoms with Gasteiger partial charge in [-0.3, -0.25) is 0 Å². The molecule has 0 radical (unpaired) electrons. The van der Waals surface area contributed by atoms with Crippen LogP contribution in [0.4, 0.5) is 18.3 Å². The number of rotatable bonds is 6. The van der Waals surface area contributed by atoms with Gasteiger partial charge in [-0.15, -0.1) is 11.3 Å². The summed E-state index contributed by atoms with van der Waals surface area (Å²) in [6, 6.07) is 9.28. The van der Waals surface area contributed by atoms with Gasteiger partial charge in [-0.25, -0.2) is 9.97 Å². The zero-order chi connectivity index (χ0) is 23.7. The van der Waals surface area contributed by atoms with Crippen LogP contribution in [-0.2, 0) is 19.1 Å². The van der Waals surface area contributed by atoms with E-state index in [4.69, 9.17) is 4.98 Å². The number of hydrogen-bond acceptors (Lipinski definition) is 5. The van der Waals surface area contributed by atoms with Crippen molar-refractivity contribution in [1.82, 2.24) is 19.7 Å². The fourth-order valence-corrected chi connectivity index (χ4v) is 4.88. The lowest BCUT2D eigenvalue weighted by Crippen LogP contribution is -2.20. The van der Waals surface area contributed by atoms with Gasteiger partial charge in [0.2, 0.25) is 0 Å². The Balaban J connectivity index is 1.37. The number of alkyl halides is 3. The Labute approximate surface area is 199 Å². The third kappa shape index (κ3) is 4.58. The van der Waals surface area contributed by atoms with Crippen molar-refractivity contribution in [2.24, 2.45) is 0 Å². The molecular weight excluding hydrogens is 459 g/mol. The number of halogens is 3. The summed E-state index contributed by atoms with van der Waals surface area (Å²) in [4.78, 5) is 9.37. The van der Waals surface area contributed by atoms with E-state index in [-0.39, 0.29) is 0 Å². The summed E-state index contributed by atoms with van der Waals surface area (Å²) >= 11 is 1.43. The van der Waals surface area contributed by atoms with Gasteiger partial charge in [-0.1, -0.05) is 25.1 Å². The number of hydrogen-bond donors (Lipinski definition) is 2. The van der Waals surface area contributed by atoms with E-state index in [1.807, 2.05) is 5.38 Å². The number of nitrogens with zero attached hydrogens (tertiary/aromatic N) is 3. The van der Waals surface area contributed by atoms with Crippen LogP contribution >= 0.6 is 11.3 Å². The van der Waals surface area contributed by atoms with Gasteiger partial charge in [-0.2, -0.15) is 13.2 Å². The molecule has 4 aromatic rings. The average molecular weight is 484 g/mol. The third-order valence-electron chi connectivity index (χ3n) is 5.99. The van der Waals surface area contributed by atoms with Crippen molar-refractivity contribution in [3.05, 3.63) is 76.6 Å². The second kappa shape index (κ2) is 9.23. The molecule has 176 valence electrons. The number of nitrogens with one attached hydrogen (secondary N) is 2. The zero-order valence-electron chi connectivity index (χ0n) is 18.6. The third-order valence-corrected chi connectivity index (χ3v) is 6.79. The van der Waals surface area contributed by atoms with E-state index in [2.05, 4.69) is 51.3 Å². The van der Waals surface area contributed by atoms with Crippen molar-refractivity contribution in [1.29, 1.82) is 0 Å². The van der Waals surface area contributed by atoms with E-state index >= 15 is 0 Å². The molecule has 9 heteroatoms. The minimum atomic E-state index is -4.34. The van der Waals surface area contributed by atoms with Gasteiger partial charge in [0, 0.05) is 23.7 Å². The topological polar surface area (TPSA) is 54.2 Å². The van der Waals surface area contributed by atoms with Crippen LogP contribution in [0.5, 0.6) is 0 Å². The van der Waals surface area contributed by atoms with Crippen LogP contribution < -0.4 is 10.6 Å². The average Bonchev–Trinajstić information content (AvgIpc) is 3.47. The fourth-order valence-electron chi connectivity index (χ4n) is 4.16. The Morgan fingerprint density at radius 2 is 1.88 bits per heavy atom. The Morgan fingerprint density at radius 1 is 1.09 bits per heavy atom. The molecular formula is C25H24F3N5S. The zero-order valence-corrected chi connectivity index (χ0v) is 19.4. The van der Waals surface area contributed by atoms with Gasteiger partial charge in [0.15, 0.2) is 5.13 Å². The monoisotopic (exact) mass is 483 g/mol. The van der Waals surface area contributed by atoms with Gasteiger partial charge in [-0.05, 0) is 54.8 Å². The highest BCUT2D eigenvalue weighted by Gasteiger charge is 2.30. The number of anilines is 1. The van der Waals surface area contributed by atoms with Crippen molar-refractivity contribution >= 4 is 27.7 Å². The molecule has 1 aromatic carbocycles. The first-order valence-electron chi connectivity index (χ1n) is 11.2. The normalized spacial score (nSPS) is 14.4. The lowest BCUT2D eigenvalue weighted by atomic mass is 10.0. The van der Waals surface area contributed by atoms with Gasteiger partial charge in [0.25, 0.3) is 0 Å². The minimum absolute atomic E-state index is 0.550. The van der Waals surface area contributed by atoms with Crippen LogP contribution in [-0.4, -0.2) is 27.5 Å². The van der Waals surface area contributed by atoms with Gasteiger partial charge < -0.3 is 15.0 Å². The highest BCUT2D eigenvalue weighted by Crippen LogP contribution is 2.32. The first-order valence-corrected chi connectivity index (χ1v) is 12.1. The Kier molecular flexibility index (Phi) is 6.14. The molecule has 0 unspecified atom stereocenters. The number of aromatic nitrogens is 3. The molecule has 0 atom stereocenters.